The molecule has 2 rings (SSSR count). The summed E-state index contributed by atoms with van der Waals surface area (Å²) >= 11 is 0. The van der Waals surface area contributed by atoms with Crippen LogP contribution in [0.1, 0.15) is 12.8 Å². The summed E-state index contributed by atoms with van der Waals surface area (Å²) in [5.74, 6) is 0.661. The Morgan fingerprint density at radius 1 is 1.60 bits per heavy atom. The molecular formula is C8H14N2. The van der Waals surface area contributed by atoms with Gasteiger partial charge in [0.2, 0.25) is 0 Å². The average molecular weight is 138 g/mol. The minimum Gasteiger partial charge on any atom is -0.327 e. The third kappa shape index (κ3) is 0.879. The van der Waals surface area contributed by atoms with Crippen molar-refractivity contribution in [3.63, 3.8) is 0 Å². The van der Waals surface area contributed by atoms with Gasteiger partial charge in [-0.05, 0) is 12.8 Å². The summed E-state index contributed by atoms with van der Waals surface area (Å²) in [6, 6.07) is 0.426. The van der Waals surface area contributed by atoms with Crippen molar-refractivity contribution >= 4 is 0 Å². The summed E-state index contributed by atoms with van der Waals surface area (Å²) < 4.78 is 0. The third-order valence-corrected chi connectivity index (χ3v) is 2.59. The average Bonchev–Trinajstić information content (AvgIpc) is 2.36. The van der Waals surface area contributed by atoms with E-state index in [-0.39, 0.29) is 0 Å². The second-order valence-electron chi connectivity index (χ2n) is 3.26. The highest BCUT2D eigenvalue weighted by molar-refractivity contribution is 5.19. The topological polar surface area (TPSA) is 38.0 Å². The first-order chi connectivity index (χ1) is 4.88. The van der Waals surface area contributed by atoms with Gasteiger partial charge in [-0.2, -0.15) is 0 Å². The lowest BCUT2D eigenvalue weighted by molar-refractivity contribution is 0.461. The smallest absolute Gasteiger partial charge is 0.0168 e. The number of allylic oxidation sites excluding steroid dienone is 1. The van der Waals surface area contributed by atoms with E-state index < -0.39 is 0 Å². The fourth-order valence-corrected chi connectivity index (χ4v) is 1.95. The lowest BCUT2D eigenvalue weighted by Crippen LogP contribution is -2.33. The zero-order valence-electron chi connectivity index (χ0n) is 6.14. The molecule has 0 aromatic carbocycles. The molecule has 0 aromatic heterocycles. The van der Waals surface area contributed by atoms with E-state index in [1.54, 1.807) is 5.57 Å². The molecule has 2 nitrogen and oxygen atoms in total. The fourth-order valence-electron chi connectivity index (χ4n) is 1.95. The van der Waals surface area contributed by atoms with Crippen molar-refractivity contribution < 1.29 is 0 Å². The van der Waals surface area contributed by atoms with Crippen LogP contribution in [0.15, 0.2) is 11.6 Å². The van der Waals surface area contributed by atoms with Crippen LogP contribution in [0.25, 0.3) is 0 Å². The summed E-state index contributed by atoms with van der Waals surface area (Å²) in [5.41, 5.74) is 7.49. The predicted molar refractivity (Wildman–Crippen MR) is 41.7 cm³/mol. The number of fused-ring (bicyclic) bond motifs is 1. The molecular weight excluding hydrogens is 124 g/mol. The van der Waals surface area contributed by atoms with Gasteiger partial charge in [0.1, 0.15) is 0 Å². The normalized spacial score (nSPS) is 39.1. The van der Waals surface area contributed by atoms with E-state index in [0.29, 0.717) is 12.0 Å². The number of hydrogen-bond acceptors (Lipinski definition) is 2. The second-order valence-corrected chi connectivity index (χ2v) is 3.26. The van der Waals surface area contributed by atoms with E-state index >= 15 is 0 Å². The van der Waals surface area contributed by atoms with Crippen LogP contribution < -0.4 is 11.1 Å². The first-order valence-electron chi connectivity index (χ1n) is 4.03. The Morgan fingerprint density at radius 2 is 2.50 bits per heavy atom. The first kappa shape index (κ1) is 6.38. The Hall–Kier alpha value is -0.340. The van der Waals surface area contributed by atoms with Crippen molar-refractivity contribution in [2.75, 3.05) is 13.1 Å². The molecule has 1 aliphatic carbocycles. The van der Waals surface area contributed by atoms with Crippen molar-refractivity contribution in [2.45, 2.75) is 18.9 Å². The van der Waals surface area contributed by atoms with E-state index in [2.05, 4.69) is 11.4 Å². The van der Waals surface area contributed by atoms with Crippen molar-refractivity contribution in [2.24, 2.45) is 11.7 Å². The lowest BCUT2D eigenvalue weighted by atomic mass is 9.86. The molecule has 0 radical (unpaired) electrons. The molecule has 1 fully saturated rings. The van der Waals surface area contributed by atoms with Gasteiger partial charge in [0.15, 0.2) is 0 Å². The van der Waals surface area contributed by atoms with Gasteiger partial charge in [0.25, 0.3) is 0 Å². The summed E-state index contributed by atoms with van der Waals surface area (Å²) in [6.07, 6.45) is 4.72. The molecule has 0 spiro atoms. The summed E-state index contributed by atoms with van der Waals surface area (Å²) in [4.78, 5) is 0. The molecule has 0 amide bonds. The van der Waals surface area contributed by atoms with Crippen LogP contribution in [-0.4, -0.2) is 19.1 Å². The van der Waals surface area contributed by atoms with Gasteiger partial charge in [-0.1, -0.05) is 11.6 Å². The van der Waals surface area contributed by atoms with Crippen LogP contribution in [0.4, 0.5) is 0 Å². The zero-order valence-corrected chi connectivity index (χ0v) is 6.14. The number of rotatable bonds is 0. The molecule has 3 N–H and O–H groups in total. The molecule has 1 aliphatic heterocycles. The van der Waals surface area contributed by atoms with E-state index in [1.165, 1.54) is 12.8 Å². The maximum atomic E-state index is 5.94. The summed E-state index contributed by atoms with van der Waals surface area (Å²) in [6.45, 7) is 2.19. The van der Waals surface area contributed by atoms with E-state index in [4.69, 9.17) is 5.73 Å². The van der Waals surface area contributed by atoms with Gasteiger partial charge in [0.05, 0.1) is 0 Å². The zero-order chi connectivity index (χ0) is 6.97. The van der Waals surface area contributed by atoms with E-state index in [1.807, 2.05) is 0 Å². The highest BCUT2D eigenvalue weighted by atomic mass is 14.9. The molecule has 2 aliphatic rings. The highest BCUT2D eigenvalue weighted by Gasteiger charge is 2.28. The van der Waals surface area contributed by atoms with Crippen LogP contribution in [0, 0.1) is 5.92 Å². The van der Waals surface area contributed by atoms with Gasteiger partial charge < -0.3 is 11.1 Å². The van der Waals surface area contributed by atoms with Crippen LogP contribution in [-0.2, 0) is 0 Å². The first-order valence-corrected chi connectivity index (χ1v) is 4.03. The van der Waals surface area contributed by atoms with Gasteiger partial charge in [0, 0.05) is 25.0 Å². The number of nitrogens with two attached hydrogens (primary N) is 1. The van der Waals surface area contributed by atoms with Crippen LogP contribution >= 0.6 is 0 Å². The monoisotopic (exact) mass is 138 g/mol. The van der Waals surface area contributed by atoms with Gasteiger partial charge in [-0.3, -0.25) is 0 Å². The lowest BCUT2D eigenvalue weighted by Gasteiger charge is -2.23. The fraction of sp³-hybridized carbons (Fsp3) is 0.750. The minimum absolute atomic E-state index is 0.426. The molecule has 2 atom stereocenters. The quantitative estimate of drug-likeness (QED) is 0.471. The molecule has 10 heavy (non-hydrogen) atoms. The van der Waals surface area contributed by atoms with E-state index in [0.717, 1.165) is 13.1 Å². The Morgan fingerprint density at radius 3 is 3.30 bits per heavy atom. The summed E-state index contributed by atoms with van der Waals surface area (Å²) in [7, 11) is 0. The van der Waals surface area contributed by atoms with Crippen molar-refractivity contribution in [3.05, 3.63) is 11.6 Å². The Labute approximate surface area is 61.5 Å². The Bertz CT molecular complexity index is 163. The Balaban J connectivity index is 2.18. The predicted octanol–water partition coefficient (Wildman–Crippen LogP) is 0.253. The molecule has 2 unspecified atom stereocenters. The van der Waals surface area contributed by atoms with E-state index in [9.17, 15) is 0 Å². The molecule has 0 aromatic rings. The molecule has 2 heteroatoms. The minimum atomic E-state index is 0.426. The molecule has 0 saturated carbocycles. The van der Waals surface area contributed by atoms with Crippen LogP contribution in [0.3, 0.4) is 0 Å². The highest BCUT2D eigenvalue weighted by Crippen LogP contribution is 2.26. The standard InChI is InChI=1S/C8H14N2/c9-8-3-1-2-6-4-10-5-7(6)8/h2,7-8,10H,1,3-5,9H2. The SMILES string of the molecule is NC1CCC=C2CNCC21. The Kier molecular flexibility index (Phi) is 1.51. The van der Waals surface area contributed by atoms with Gasteiger partial charge in [-0.25, -0.2) is 0 Å². The molecule has 0 bridgehead atoms. The molecule has 56 valence electrons. The van der Waals surface area contributed by atoms with Crippen LogP contribution in [0.2, 0.25) is 0 Å². The summed E-state index contributed by atoms with van der Waals surface area (Å²) in [5, 5.41) is 3.35. The number of nitrogens with one attached hydrogen (secondary N) is 1. The van der Waals surface area contributed by atoms with Crippen molar-refractivity contribution in [3.8, 4) is 0 Å². The van der Waals surface area contributed by atoms with Crippen molar-refractivity contribution in [1.29, 1.82) is 0 Å². The maximum Gasteiger partial charge on any atom is 0.0168 e. The molecule has 1 saturated heterocycles. The largest absolute Gasteiger partial charge is 0.327 e. The van der Waals surface area contributed by atoms with Crippen molar-refractivity contribution in [1.82, 2.24) is 5.32 Å². The number of hydrogen-bond donors (Lipinski definition) is 2. The third-order valence-electron chi connectivity index (χ3n) is 2.59. The van der Waals surface area contributed by atoms with Crippen LogP contribution in [0.5, 0.6) is 0 Å². The maximum absolute atomic E-state index is 5.94. The van der Waals surface area contributed by atoms with Gasteiger partial charge >= 0.3 is 0 Å². The van der Waals surface area contributed by atoms with Gasteiger partial charge in [-0.15, -0.1) is 0 Å². The molecule has 1 heterocycles. The second kappa shape index (κ2) is 2.36.